The Morgan fingerprint density at radius 3 is 2.47 bits per heavy atom. The highest BCUT2D eigenvalue weighted by molar-refractivity contribution is 7.17. The Kier molecular flexibility index (Phi) is 7.16. The highest BCUT2D eigenvalue weighted by atomic mass is 35.5. The van der Waals surface area contributed by atoms with E-state index in [4.69, 9.17) is 11.6 Å². The number of benzene rings is 2. The van der Waals surface area contributed by atoms with E-state index in [9.17, 15) is 14.7 Å². The number of nitrogens with zero attached hydrogens (tertiary/aromatic N) is 3. The first-order valence-corrected chi connectivity index (χ1v) is 12.2. The van der Waals surface area contributed by atoms with Gasteiger partial charge in [0.1, 0.15) is 5.01 Å². The summed E-state index contributed by atoms with van der Waals surface area (Å²) in [5, 5.41) is 12.2. The molecule has 3 aromatic rings. The molecule has 0 saturated heterocycles. The lowest BCUT2D eigenvalue weighted by Crippen LogP contribution is -2.33. The number of rotatable bonds is 8. The number of thiazole rings is 1. The first-order chi connectivity index (χ1) is 16.3. The molecule has 0 bridgehead atoms. The molecular weight excluding hydrogens is 470 g/mol. The molecule has 2 heterocycles. The van der Waals surface area contributed by atoms with Gasteiger partial charge >= 0.3 is 0 Å². The highest BCUT2D eigenvalue weighted by Crippen LogP contribution is 2.41. The molecular formula is C26H26ClN3O3S. The summed E-state index contributed by atoms with van der Waals surface area (Å²) in [5.74, 6) is -1.41. The number of hydrogen-bond donors (Lipinski definition) is 1. The van der Waals surface area contributed by atoms with Crippen LogP contribution in [0.25, 0.3) is 10.6 Å². The molecule has 0 radical (unpaired) electrons. The van der Waals surface area contributed by atoms with Gasteiger partial charge in [0.05, 0.1) is 22.2 Å². The zero-order valence-corrected chi connectivity index (χ0v) is 20.9. The lowest BCUT2D eigenvalue weighted by Gasteiger charge is -2.27. The van der Waals surface area contributed by atoms with Crippen molar-refractivity contribution >= 4 is 34.6 Å². The summed E-state index contributed by atoms with van der Waals surface area (Å²) >= 11 is 7.36. The maximum atomic E-state index is 13.8. The van der Waals surface area contributed by atoms with E-state index in [-0.39, 0.29) is 11.4 Å². The lowest BCUT2D eigenvalue weighted by molar-refractivity contribution is -0.129. The summed E-state index contributed by atoms with van der Waals surface area (Å²) in [6, 6.07) is 16.0. The number of hydrogen-bond acceptors (Lipinski definition) is 6. The molecule has 8 heteroatoms. The fourth-order valence-corrected chi connectivity index (χ4v) is 5.25. The number of Topliss-reactive ketones (excluding diaryl/α,β-unsaturated/α-hetero) is 1. The van der Waals surface area contributed by atoms with Gasteiger partial charge in [0.15, 0.2) is 5.76 Å². The van der Waals surface area contributed by atoms with E-state index >= 15 is 0 Å². The highest BCUT2D eigenvalue weighted by Gasteiger charge is 2.44. The zero-order chi connectivity index (χ0) is 24.4. The first kappa shape index (κ1) is 24.1. The lowest BCUT2D eigenvalue weighted by atomic mass is 9.95. The second kappa shape index (κ2) is 10.1. The molecule has 1 aromatic heterocycles. The Labute approximate surface area is 208 Å². The van der Waals surface area contributed by atoms with Crippen molar-refractivity contribution in [2.75, 3.05) is 27.2 Å². The topological polar surface area (TPSA) is 73.7 Å². The van der Waals surface area contributed by atoms with Gasteiger partial charge in [-0.05, 0) is 51.7 Å². The maximum absolute atomic E-state index is 13.8. The van der Waals surface area contributed by atoms with Gasteiger partial charge in [-0.25, -0.2) is 4.98 Å². The smallest absolute Gasteiger partial charge is 0.290 e. The number of halogens is 1. The molecule has 1 N–H and O–H groups in total. The molecule has 176 valence electrons. The van der Waals surface area contributed by atoms with Crippen LogP contribution in [0.3, 0.4) is 0 Å². The van der Waals surface area contributed by atoms with E-state index in [0.717, 1.165) is 22.7 Å². The Bertz CT molecular complexity index is 1240. The molecule has 1 unspecified atom stereocenters. The Morgan fingerprint density at radius 2 is 1.82 bits per heavy atom. The maximum Gasteiger partial charge on any atom is 0.290 e. The van der Waals surface area contributed by atoms with Crippen molar-refractivity contribution in [3.63, 3.8) is 0 Å². The van der Waals surface area contributed by atoms with Gasteiger partial charge in [-0.2, -0.15) is 0 Å². The molecule has 0 fully saturated rings. The zero-order valence-electron chi connectivity index (χ0n) is 19.3. The summed E-state index contributed by atoms with van der Waals surface area (Å²) in [6.07, 6.45) is 0.704. The van der Waals surface area contributed by atoms with Crippen LogP contribution in [0, 0.1) is 6.92 Å². The third-order valence-electron chi connectivity index (χ3n) is 5.76. The Balaban J connectivity index is 1.73. The van der Waals surface area contributed by atoms with Crippen molar-refractivity contribution in [1.29, 1.82) is 0 Å². The van der Waals surface area contributed by atoms with Crippen molar-refractivity contribution in [3.8, 4) is 10.6 Å². The van der Waals surface area contributed by atoms with Crippen molar-refractivity contribution < 1.29 is 14.7 Å². The van der Waals surface area contributed by atoms with Gasteiger partial charge in [-0.1, -0.05) is 54.1 Å². The molecule has 2 aromatic carbocycles. The summed E-state index contributed by atoms with van der Waals surface area (Å²) in [6.45, 7) is 2.95. The number of amides is 1. The monoisotopic (exact) mass is 495 g/mol. The van der Waals surface area contributed by atoms with Gasteiger partial charge in [0.25, 0.3) is 5.91 Å². The van der Waals surface area contributed by atoms with Crippen LogP contribution in [0.4, 0.5) is 0 Å². The average molecular weight is 496 g/mol. The SMILES string of the molecule is Cc1nc(-c2ccccc2)sc1C(=O)C1=C(O)C(=O)N(CCCN(C)C)C1c1ccc(Cl)cc1. The normalized spacial score (nSPS) is 16.1. The molecule has 1 aliphatic heterocycles. The van der Waals surface area contributed by atoms with Crippen LogP contribution in [0.2, 0.25) is 5.02 Å². The second-order valence-electron chi connectivity index (χ2n) is 8.50. The standard InChI is InChI=1S/C26H26ClN3O3S/c1-16-24(34-25(28-16)18-8-5-4-6-9-18)22(31)20-21(17-10-12-19(27)13-11-17)30(26(33)23(20)32)15-7-14-29(2)3/h4-6,8-13,21,32H,7,14-15H2,1-3H3. The molecule has 0 spiro atoms. The molecule has 34 heavy (non-hydrogen) atoms. The third-order valence-corrected chi connectivity index (χ3v) is 7.22. The predicted molar refractivity (Wildman–Crippen MR) is 135 cm³/mol. The number of aliphatic hydroxyl groups is 1. The van der Waals surface area contributed by atoms with Crippen LogP contribution in [-0.2, 0) is 4.79 Å². The number of aliphatic hydroxyl groups excluding tert-OH is 1. The van der Waals surface area contributed by atoms with Gasteiger partial charge in [-0.3, -0.25) is 9.59 Å². The number of aromatic nitrogens is 1. The molecule has 0 saturated carbocycles. The molecule has 1 atom stereocenters. The van der Waals surface area contributed by atoms with Crippen LogP contribution in [0.15, 0.2) is 65.9 Å². The minimum absolute atomic E-state index is 0.0866. The largest absolute Gasteiger partial charge is 0.503 e. The average Bonchev–Trinajstić information content (AvgIpc) is 3.32. The quantitative estimate of drug-likeness (QED) is 0.429. The second-order valence-corrected chi connectivity index (χ2v) is 9.94. The van der Waals surface area contributed by atoms with Crippen molar-refractivity contribution in [1.82, 2.24) is 14.8 Å². The van der Waals surface area contributed by atoms with Crippen LogP contribution >= 0.6 is 22.9 Å². The number of ketones is 1. The minimum Gasteiger partial charge on any atom is -0.503 e. The number of aryl methyl sites for hydroxylation is 1. The van der Waals surface area contributed by atoms with Gasteiger partial charge in [0.2, 0.25) is 5.78 Å². The van der Waals surface area contributed by atoms with Gasteiger partial charge < -0.3 is 14.9 Å². The van der Waals surface area contributed by atoms with Crippen LogP contribution < -0.4 is 0 Å². The summed E-state index contributed by atoms with van der Waals surface area (Å²) in [4.78, 5) is 35.5. The molecule has 1 amide bonds. The van der Waals surface area contributed by atoms with E-state index in [2.05, 4.69) is 4.98 Å². The minimum atomic E-state index is -0.693. The van der Waals surface area contributed by atoms with Crippen molar-refractivity contribution in [2.24, 2.45) is 0 Å². The Hall–Kier alpha value is -3.00. The van der Waals surface area contributed by atoms with E-state index in [1.807, 2.05) is 49.3 Å². The van der Waals surface area contributed by atoms with E-state index in [1.165, 1.54) is 11.3 Å². The van der Waals surface area contributed by atoms with Gasteiger partial charge in [0, 0.05) is 17.1 Å². The van der Waals surface area contributed by atoms with E-state index in [1.54, 1.807) is 36.1 Å². The molecule has 6 nitrogen and oxygen atoms in total. The molecule has 1 aliphatic rings. The van der Waals surface area contributed by atoms with Crippen molar-refractivity contribution in [3.05, 3.63) is 87.1 Å². The Morgan fingerprint density at radius 1 is 1.15 bits per heavy atom. The van der Waals surface area contributed by atoms with Crippen molar-refractivity contribution in [2.45, 2.75) is 19.4 Å². The van der Waals surface area contributed by atoms with Crippen LogP contribution in [0.5, 0.6) is 0 Å². The summed E-state index contributed by atoms with van der Waals surface area (Å²) in [7, 11) is 3.92. The first-order valence-electron chi connectivity index (χ1n) is 11.0. The third kappa shape index (κ3) is 4.78. The fraction of sp³-hybridized carbons (Fsp3) is 0.269. The molecule has 0 aliphatic carbocycles. The predicted octanol–water partition coefficient (Wildman–Crippen LogP) is 5.30. The van der Waals surface area contributed by atoms with Crippen LogP contribution in [-0.4, -0.2) is 58.8 Å². The fourth-order valence-electron chi connectivity index (χ4n) is 4.10. The van der Waals surface area contributed by atoms with E-state index < -0.39 is 17.7 Å². The van der Waals surface area contributed by atoms with Gasteiger partial charge in [-0.15, -0.1) is 11.3 Å². The number of carbonyl (C=O) groups excluding carboxylic acids is 2. The number of carbonyl (C=O) groups is 2. The van der Waals surface area contributed by atoms with Crippen LogP contribution in [0.1, 0.15) is 33.4 Å². The van der Waals surface area contributed by atoms with E-state index in [0.29, 0.717) is 28.6 Å². The summed E-state index contributed by atoms with van der Waals surface area (Å²) < 4.78 is 0. The summed E-state index contributed by atoms with van der Waals surface area (Å²) in [5.41, 5.74) is 2.29. The molecule has 4 rings (SSSR count).